The molecule has 24 heavy (non-hydrogen) atoms. The van der Waals surface area contributed by atoms with Crippen LogP contribution in [0.15, 0.2) is 18.2 Å². The van der Waals surface area contributed by atoms with E-state index >= 15 is 0 Å². The third-order valence-corrected chi connectivity index (χ3v) is 3.88. The second-order valence-electron chi connectivity index (χ2n) is 7.05. The fraction of sp³-hybridized carbons (Fsp3) is 0.556. The minimum atomic E-state index is -1.29. The van der Waals surface area contributed by atoms with Gasteiger partial charge in [0, 0.05) is 11.6 Å². The molecular weight excluding hydrogens is 310 g/mol. The Hall–Kier alpha value is -2.08. The van der Waals surface area contributed by atoms with E-state index in [1.54, 1.807) is 39.0 Å². The van der Waals surface area contributed by atoms with E-state index in [9.17, 15) is 14.7 Å². The van der Waals surface area contributed by atoms with Crippen molar-refractivity contribution in [2.24, 2.45) is 0 Å². The SMILES string of the molecule is CCCC1(O)CC(=O)N(C(=O)OC(C)(C)C)c2cc(OC)ccc21. The van der Waals surface area contributed by atoms with E-state index in [0.717, 1.165) is 4.90 Å². The first-order valence-corrected chi connectivity index (χ1v) is 8.08. The summed E-state index contributed by atoms with van der Waals surface area (Å²) >= 11 is 0. The van der Waals surface area contributed by atoms with Crippen molar-refractivity contribution >= 4 is 17.7 Å². The third kappa shape index (κ3) is 3.53. The first-order chi connectivity index (χ1) is 11.1. The fourth-order valence-corrected chi connectivity index (χ4v) is 2.92. The van der Waals surface area contributed by atoms with E-state index in [1.165, 1.54) is 7.11 Å². The van der Waals surface area contributed by atoms with E-state index in [1.807, 2.05) is 6.92 Å². The molecule has 0 aliphatic carbocycles. The van der Waals surface area contributed by atoms with Crippen LogP contribution in [0.2, 0.25) is 0 Å². The van der Waals surface area contributed by atoms with Gasteiger partial charge in [0.25, 0.3) is 0 Å². The zero-order chi connectivity index (χ0) is 18.1. The smallest absolute Gasteiger partial charge is 0.421 e. The van der Waals surface area contributed by atoms with Crippen molar-refractivity contribution < 1.29 is 24.2 Å². The van der Waals surface area contributed by atoms with E-state index < -0.39 is 23.2 Å². The monoisotopic (exact) mass is 335 g/mol. The molecule has 1 heterocycles. The molecule has 0 radical (unpaired) electrons. The average Bonchev–Trinajstić information content (AvgIpc) is 2.44. The largest absolute Gasteiger partial charge is 0.497 e. The summed E-state index contributed by atoms with van der Waals surface area (Å²) in [7, 11) is 1.50. The quantitative estimate of drug-likeness (QED) is 0.916. The van der Waals surface area contributed by atoms with Crippen molar-refractivity contribution in [1.82, 2.24) is 0 Å². The number of aliphatic hydroxyl groups is 1. The molecule has 0 saturated carbocycles. The number of hydrogen-bond donors (Lipinski definition) is 1. The van der Waals surface area contributed by atoms with Gasteiger partial charge in [-0.15, -0.1) is 0 Å². The van der Waals surface area contributed by atoms with Crippen LogP contribution in [0.4, 0.5) is 10.5 Å². The molecule has 1 atom stereocenters. The van der Waals surface area contributed by atoms with Crippen LogP contribution in [0.3, 0.4) is 0 Å². The van der Waals surface area contributed by atoms with Crippen LogP contribution in [0.5, 0.6) is 5.75 Å². The summed E-state index contributed by atoms with van der Waals surface area (Å²) < 4.78 is 10.6. The van der Waals surface area contributed by atoms with Crippen LogP contribution in [-0.2, 0) is 15.1 Å². The molecule has 1 aliphatic heterocycles. The highest BCUT2D eigenvalue weighted by atomic mass is 16.6. The number of nitrogens with zero attached hydrogens (tertiary/aromatic N) is 1. The van der Waals surface area contributed by atoms with Crippen molar-refractivity contribution in [1.29, 1.82) is 0 Å². The van der Waals surface area contributed by atoms with Crippen molar-refractivity contribution in [3.63, 3.8) is 0 Å². The number of amides is 2. The number of ether oxygens (including phenoxy) is 2. The molecule has 6 nitrogen and oxygen atoms in total. The Bertz CT molecular complexity index is 649. The Labute approximate surface area is 142 Å². The normalized spacial score (nSPS) is 20.6. The van der Waals surface area contributed by atoms with Crippen LogP contribution in [0.25, 0.3) is 0 Å². The molecule has 0 spiro atoms. The zero-order valence-electron chi connectivity index (χ0n) is 14.9. The van der Waals surface area contributed by atoms with Gasteiger partial charge in [-0.05, 0) is 33.3 Å². The molecule has 0 saturated heterocycles. The lowest BCUT2D eigenvalue weighted by Gasteiger charge is -2.39. The number of methoxy groups -OCH3 is 1. The van der Waals surface area contributed by atoms with E-state index in [2.05, 4.69) is 0 Å². The molecule has 1 aliphatic rings. The predicted octanol–water partition coefficient (Wildman–Crippen LogP) is 3.35. The van der Waals surface area contributed by atoms with Gasteiger partial charge in [-0.3, -0.25) is 4.79 Å². The number of carbonyl (C=O) groups is 2. The van der Waals surface area contributed by atoms with Crippen LogP contribution in [-0.4, -0.2) is 29.8 Å². The maximum Gasteiger partial charge on any atom is 0.421 e. The van der Waals surface area contributed by atoms with Gasteiger partial charge in [0.2, 0.25) is 5.91 Å². The van der Waals surface area contributed by atoms with E-state index in [0.29, 0.717) is 29.8 Å². The number of anilines is 1. The van der Waals surface area contributed by atoms with Crippen LogP contribution < -0.4 is 9.64 Å². The summed E-state index contributed by atoms with van der Waals surface area (Å²) in [6.07, 6.45) is 0.238. The summed E-state index contributed by atoms with van der Waals surface area (Å²) in [6.45, 7) is 7.14. The molecule has 1 unspecified atom stereocenters. The van der Waals surface area contributed by atoms with Crippen molar-refractivity contribution in [3.8, 4) is 5.75 Å². The third-order valence-electron chi connectivity index (χ3n) is 3.88. The number of carbonyl (C=O) groups excluding carboxylic acids is 2. The van der Waals surface area contributed by atoms with Gasteiger partial charge in [0.05, 0.1) is 19.2 Å². The molecule has 1 N–H and O–H groups in total. The summed E-state index contributed by atoms with van der Waals surface area (Å²) in [6, 6.07) is 4.99. The number of fused-ring (bicyclic) bond motifs is 1. The summed E-state index contributed by atoms with van der Waals surface area (Å²) in [4.78, 5) is 26.1. The maximum atomic E-state index is 12.6. The van der Waals surface area contributed by atoms with Gasteiger partial charge in [-0.2, -0.15) is 0 Å². The second kappa shape index (κ2) is 6.43. The Kier molecular flexibility index (Phi) is 4.90. The Morgan fingerprint density at radius 1 is 1.38 bits per heavy atom. The average molecular weight is 335 g/mol. The molecule has 2 amide bonds. The number of rotatable bonds is 3. The van der Waals surface area contributed by atoms with Gasteiger partial charge < -0.3 is 14.6 Å². The van der Waals surface area contributed by atoms with Crippen molar-refractivity contribution in [2.75, 3.05) is 12.0 Å². The molecule has 1 aromatic carbocycles. The number of hydrogen-bond acceptors (Lipinski definition) is 5. The van der Waals surface area contributed by atoms with Crippen LogP contribution in [0.1, 0.15) is 52.5 Å². The second-order valence-corrected chi connectivity index (χ2v) is 7.05. The number of benzene rings is 1. The molecule has 0 aromatic heterocycles. The number of imide groups is 1. The molecule has 0 fully saturated rings. The Morgan fingerprint density at radius 2 is 2.04 bits per heavy atom. The van der Waals surface area contributed by atoms with Crippen LogP contribution in [0, 0.1) is 0 Å². The topological polar surface area (TPSA) is 76.1 Å². The molecule has 0 bridgehead atoms. The standard InChI is InChI=1S/C18H25NO5/c1-6-9-18(22)11-15(20)19(16(21)24-17(2,3)4)14-10-12(23-5)7-8-13(14)18/h7-8,10,22H,6,9,11H2,1-5H3. The summed E-state index contributed by atoms with van der Waals surface area (Å²) in [5, 5.41) is 10.9. The van der Waals surface area contributed by atoms with Gasteiger partial charge in [-0.25, -0.2) is 9.69 Å². The molecule has 2 rings (SSSR count). The van der Waals surface area contributed by atoms with Gasteiger partial charge in [0.1, 0.15) is 17.0 Å². The van der Waals surface area contributed by atoms with E-state index in [4.69, 9.17) is 9.47 Å². The minimum absolute atomic E-state index is 0.153. The molecule has 132 valence electrons. The Balaban J connectivity index is 2.54. The summed E-state index contributed by atoms with van der Waals surface area (Å²) in [5.41, 5.74) is -1.16. The summed E-state index contributed by atoms with van der Waals surface area (Å²) in [5.74, 6) is 0.0109. The van der Waals surface area contributed by atoms with Gasteiger partial charge in [-0.1, -0.05) is 19.4 Å². The fourth-order valence-electron chi connectivity index (χ4n) is 2.92. The van der Waals surface area contributed by atoms with Crippen molar-refractivity contribution in [3.05, 3.63) is 23.8 Å². The van der Waals surface area contributed by atoms with E-state index in [-0.39, 0.29) is 6.42 Å². The Morgan fingerprint density at radius 3 is 2.58 bits per heavy atom. The van der Waals surface area contributed by atoms with Gasteiger partial charge in [0.15, 0.2) is 0 Å². The highest BCUT2D eigenvalue weighted by molar-refractivity contribution is 6.14. The lowest BCUT2D eigenvalue weighted by atomic mass is 9.81. The molecular formula is C18H25NO5. The van der Waals surface area contributed by atoms with Crippen molar-refractivity contribution in [2.45, 2.75) is 58.2 Å². The predicted molar refractivity (Wildman–Crippen MR) is 90.1 cm³/mol. The molecule has 1 aromatic rings. The highest BCUT2D eigenvalue weighted by Gasteiger charge is 2.44. The minimum Gasteiger partial charge on any atom is -0.497 e. The lowest BCUT2D eigenvalue weighted by molar-refractivity contribution is -0.125. The first-order valence-electron chi connectivity index (χ1n) is 8.08. The maximum absolute atomic E-state index is 12.6. The molecule has 6 heteroatoms. The zero-order valence-corrected chi connectivity index (χ0v) is 14.9. The lowest BCUT2D eigenvalue weighted by Crippen LogP contribution is -2.49. The highest BCUT2D eigenvalue weighted by Crippen LogP contribution is 2.43. The van der Waals surface area contributed by atoms with Gasteiger partial charge >= 0.3 is 6.09 Å². The van der Waals surface area contributed by atoms with Crippen LogP contribution >= 0.6 is 0 Å². The first kappa shape index (κ1) is 18.3.